The molecule has 10 nitrogen and oxygen atoms in total. The van der Waals surface area contributed by atoms with Gasteiger partial charge in [0.2, 0.25) is 10.0 Å². The first-order valence-electron chi connectivity index (χ1n) is 9.53. The number of carbonyl (C=O) groups excluding carboxylic acids is 3. The Bertz CT molecular complexity index is 1040. The summed E-state index contributed by atoms with van der Waals surface area (Å²) in [6.45, 7) is 1.49. The molecule has 2 N–H and O–H groups in total. The van der Waals surface area contributed by atoms with E-state index in [1.54, 1.807) is 0 Å². The summed E-state index contributed by atoms with van der Waals surface area (Å²) in [5.74, 6) is -2.87. The second kappa shape index (κ2) is 11.7. The van der Waals surface area contributed by atoms with E-state index in [1.807, 2.05) is 11.6 Å². The number of ether oxygens (including phenoxy) is 2. The molecule has 1 heterocycles. The molecule has 0 saturated heterocycles. The highest BCUT2D eigenvalue weighted by atomic mass is 32.2. The molecular weight excluding hydrogens is 445 g/mol. The summed E-state index contributed by atoms with van der Waals surface area (Å²) in [5.41, 5.74) is -0.160. The van der Waals surface area contributed by atoms with Gasteiger partial charge in [0.1, 0.15) is 36.2 Å². The number of aromatic nitrogens is 1. The summed E-state index contributed by atoms with van der Waals surface area (Å²) in [4.78, 5) is 39.3. The first kappa shape index (κ1) is 24.7. The third-order valence-corrected chi connectivity index (χ3v) is 5.00. The van der Waals surface area contributed by atoms with E-state index in [-0.39, 0.29) is 36.8 Å². The van der Waals surface area contributed by atoms with Crippen LogP contribution in [-0.2, 0) is 19.6 Å². The van der Waals surface area contributed by atoms with Crippen LogP contribution in [0.4, 0.5) is 4.39 Å². The molecule has 0 aliphatic rings. The quantitative estimate of drug-likeness (QED) is 0.467. The van der Waals surface area contributed by atoms with Crippen molar-refractivity contribution < 1.29 is 36.7 Å². The second-order valence-corrected chi connectivity index (χ2v) is 8.23. The van der Waals surface area contributed by atoms with Crippen LogP contribution in [0.1, 0.15) is 34.2 Å². The van der Waals surface area contributed by atoms with Crippen molar-refractivity contribution in [3.05, 3.63) is 59.7 Å². The zero-order valence-electron chi connectivity index (χ0n) is 17.2. The maximum absolute atomic E-state index is 12.8. The second-order valence-electron chi connectivity index (χ2n) is 6.39. The molecule has 1 aromatic carbocycles. The number of carbonyl (C=O) groups is 3. The van der Waals surface area contributed by atoms with Crippen molar-refractivity contribution in [3.63, 3.8) is 0 Å². The average Bonchev–Trinajstić information content (AvgIpc) is 2.77. The zero-order valence-corrected chi connectivity index (χ0v) is 18.0. The first-order valence-corrected chi connectivity index (χ1v) is 11.2. The molecule has 172 valence electrons. The molecule has 2 amide bonds. The Kier molecular flexibility index (Phi) is 9.08. The van der Waals surface area contributed by atoms with Gasteiger partial charge in [-0.1, -0.05) is 6.92 Å². The molecule has 0 atom stereocenters. The maximum atomic E-state index is 12.8. The number of nitrogens with one attached hydrogen (secondary N) is 2. The lowest BCUT2D eigenvalue weighted by molar-refractivity contribution is -0.142. The fraction of sp³-hybridized carbons (Fsp3) is 0.300. The van der Waals surface area contributed by atoms with E-state index >= 15 is 0 Å². The SMILES string of the molecule is CCCOC(=O)CNC(=O)c1ccc(C(=O)NS(=O)(=O)CCOc2ccc(F)cc2)cn1. The van der Waals surface area contributed by atoms with Crippen LogP contribution in [0.2, 0.25) is 0 Å². The monoisotopic (exact) mass is 467 g/mol. The number of nitrogens with zero attached hydrogens (tertiary/aromatic N) is 1. The van der Waals surface area contributed by atoms with E-state index in [0.717, 1.165) is 6.20 Å². The number of sulfonamides is 1. The molecule has 0 aliphatic heterocycles. The fourth-order valence-corrected chi connectivity index (χ4v) is 3.03. The number of hydrogen-bond acceptors (Lipinski definition) is 8. The van der Waals surface area contributed by atoms with Crippen LogP contribution in [0.15, 0.2) is 42.6 Å². The van der Waals surface area contributed by atoms with Gasteiger partial charge >= 0.3 is 5.97 Å². The number of benzene rings is 1. The molecule has 32 heavy (non-hydrogen) atoms. The van der Waals surface area contributed by atoms with E-state index in [0.29, 0.717) is 6.42 Å². The number of amides is 2. The standard InChI is InChI=1S/C20H22FN3O7S/c1-2-9-31-18(25)13-23-20(27)17-8-3-14(12-22-17)19(26)24-32(28,29)11-10-30-16-6-4-15(21)5-7-16/h3-8,12H,2,9-11,13H2,1H3,(H,23,27)(H,24,26). The molecule has 1 aromatic heterocycles. The number of esters is 1. The predicted molar refractivity (Wildman–Crippen MR) is 111 cm³/mol. The third-order valence-electron chi connectivity index (χ3n) is 3.80. The Morgan fingerprint density at radius 3 is 2.38 bits per heavy atom. The summed E-state index contributed by atoms with van der Waals surface area (Å²) in [6.07, 6.45) is 1.69. The van der Waals surface area contributed by atoms with E-state index < -0.39 is 39.4 Å². The minimum atomic E-state index is -4.02. The molecule has 0 radical (unpaired) electrons. The van der Waals surface area contributed by atoms with Crippen LogP contribution in [0.25, 0.3) is 0 Å². The van der Waals surface area contributed by atoms with Crippen molar-refractivity contribution >= 4 is 27.8 Å². The third kappa shape index (κ3) is 8.30. The molecule has 12 heteroatoms. The Hall–Kier alpha value is -3.54. The molecular formula is C20H22FN3O7S. The molecule has 0 spiro atoms. The summed E-state index contributed by atoms with van der Waals surface area (Å²) in [7, 11) is -4.02. The van der Waals surface area contributed by atoms with Crippen molar-refractivity contribution in [2.45, 2.75) is 13.3 Å². The Labute approximate surface area is 184 Å². The maximum Gasteiger partial charge on any atom is 0.325 e. The van der Waals surface area contributed by atoms with Gasteiger partial charge in [-0.2, -0.15) is 0 Å². The van der Waals surface area contributed by atoms with Gasteiger partial charge in [0, 0.05) is 6.20 Å². The van der Waals surface area contributed by atoms with Crippen molar-refractivity contribution in [3.8, 4) is 5.75 Å². The van der Waals surface area contributed by atoms with Gasteiger partial charge in [-0.05, 0) is 42.8 Å². The molecule has 0 bridgehead atoms. The zero-order chi connectivity index (χ0) is 23.6. The normalized spacial score (nSPS) is 10.8. The van der Waals surface area contributed by atoms with Gasteiger partial charge in [-0.3, -0.25) is 19.4 Å². The van der Waals surface area contributed by atoms with Crippen LogP contribution in [0.3, 0.4) is 0 Å². The lowest BCUT2D eigenvalue weighted by Gasteiger charge is -2.09. The van der Waals surface area contributed by atoms with Gasteiger partial charge in [0.15, 0.2) is 0 Å². The topological polar surface area (TPSA) is 141 Å². The largest absolute Gasteiger partial charge is 0.492 e. The van der Waals surface area contributed by atoms with Gasteiger partial charge < -0.3 is 14.8 Å². The van der Waals surface area contributed by atoms with Crippen molar-refractivity contribution in [2.24, 2.45) is 0 Å². The van der Waals surface area contributed by atoms with Gasteiger partial charge in [-0.15, -0.1) is 0 Å². The molecule has 0 saturated carbocycles. The van der Waals surface area contributed by atoms with E-state index in [1.165, 1.54) is 36.4 Å². The lowest BCUT2D eigenvalue weighted by Crippen LogP contribution is -2.34. The molecule has 2 aromatic rings. The highest BCUT2D eigenvalue weighted by molar-refractivity contribution is 7.90. The molecule has 0 fully saturated rings. The highest BCUT2D eigenvalue weighted by Crippen LogP contribution is 2.11. The fourth-order valence-electron chi connectivity index (χ4n) is 2.22. The Morgan fingerprint density at radius 1 is 1.03 bits per heavy atom. The average molecular weight is 467 g/mol. The van der Waals surface area contributed by atoms with Crippen molar-refractivity contribution in [1.82, 2.24) is 15.0 Å². The summed E-state index contributed by atoms with van der Waals surface area (Å²) >= 11 is 0. The van der Waals surface area contributed by atoms with Crippen LogP contribution < -0.4 is 14.8 Å². The first-order chi connectivity index (χ1) is 15.2. The Morgan fingerprint density at radius 2 is 1.75 bits per heavy atom. The highest BCUT2D eigenvalue weighted by Gasteiger charge is 2.18. The minimum Gasteiger partial charge on any atom is -0.492 e. The van der Waals surface area contributed by atoms with Crippen LogP contribution >= 0.6 is 0 Å². The van der Waals surface area contributed by atoms with Crippen molar-refractivity contribution in [1.29, 1.82) is 0 Å². The van der Waals surface area contributed by atoms with E-state index in [9.17, 15) is 27.2 Å². The van der Waals surface area contributed by atoms with Gasteiger partial charge in [0.05, 0.1) is 12.2 Å². The van der Waals surface area contributed by atoms with Crippen LogP contribution in [0, 0.1) is 5.82 Å². The van der Waals surface area contributed by atoms with Gasteiger partial charge in [-0.25, -0.2) is 17.5 Å². The predicted octanol–water partition coefficient (Wildman–Crippen LogP) is 1.04. The van der Waals surface area contributed by atoms with E-state index in [2.05, 4.69) is 10.3 Å². The van der Waals surface area contributed by atoms with Crippen LogP contribution in [0.5, 0.6) is 5.75 Å². The number of rotatable bonds is 11. The Balaban J connectivity index is 1.83. The molecule has 2 rings (SSSR count). The molecule has 0 unspecified atom stereocenters. The smallest absolute Gasteiger partial charge is 0.325 e. The summed E-state index contributed by atoms with van der Waals surface area (Å²) in [5, 5.41) is 2.33. The minimum absolute atomic E-state index is 0.0691. The number of pyridine rings is 1. The molecule has 0 aliphatic carbocycles. The van der Waals surface area contributed by atoms with Crippen LogP contribution in [-0.4, -0.2) is 56.7 Å². The summed E-state index contributed by atoms with van der Waals surface area (Å²) < 4.78 is 48.8. The summed E-state index contributed by atoms with van der Waals surface area (Å²) in [6, 6.07) is 7.46. The number of halogens is 1. The number of hydrogen-bond donors (Lipinski definition) is 2. The van der Waals surface area contributed by atoms with Crippen molar-refractivity contribution in [2.75, 3.05) is 25.5 Å². The lowest BCUT2D eigenvalue weighted by atomic mass is 10.2. The van der Waals surface area contributed by atoms with E-state index in [4.69, 9.17) is 9.47 Å². The van der Waals surface area contributed by atoms with Gasteiger partial charge in [0.25, 0.3) is 11.8 Å².